The predicted octanol–water partition coefficient (Wildman–Crippen LogP) is 2.86. The Morgan fingerprint density at radius 2 is 2.16 bits per heavy atom. The predicted molar refractivity (Wildman–Crippen MR) is 68.9 cm³/mol. The van der Waals surface area contributed by atoms with Gasteiger partial charge in [0.2, 0.25) is 11.7 Å². The van der Waals surface area contributed by atoms with Gasteiger partial charge in [0.25, 0.3) is 0 Å². The van der Waals surface area contributed by atoms with Crippen LogP contribution in [0.25, 0.3) is 11.4 Å². The lowest BCUT2D eigenvalue weighted by Crippen LogP contribution is -2.43. The Morgan fingerprint density at radius 1 is 1.32 bits per heavy atom. The van der Waals surface area contributed by atoms with Gasteiger partial charge in [-0.1, -0.05) is 17.3 Å². The van der Waals surface area contributed by atoms with Crippen molar-refractivity contribution in [2.45, 2.75) is 31.7 Å². The molecule has 1 aromatic heterocycles. The lowest BCUT2D eigenvalue weighted by molar-refractivity contribution is 0.207. The Labute approximate surface area is 111 Å². The molecule has 1 fully saturated rings. The van der Waals surface area contributed by atoms with Crippen LogP contribution >= 0.6 is 0 Å². The van der Waals surface area contributed by atoms with E-state index in [1.165, 1.54) is 6.07 Å². The fourth-order valence-electron chi connectivity index (χ4n) is 2.44. The Hall–Kier alpha value is -1.75. The number of hydrogen-bond acceptors (Lipinski definition) is 4. The maximum atomic E-state index is 13.7. The van der Waals surface area contributed by atoms with Crippen molar-refractivity contribution in [2.24, 2.45) is 0 Å². The Bertz CT molecular complexity index is 576. The molecule has 1 aromatic carbocycles. The normalized spacial score (nSPS) is 23.5. The van der Waals surface area contributed by atoms with E-state index in [0.29, 0.717) is 17.3 Å². The maximum absolute atomic E-state index is 13.7. The summed E-state index contributed by atoms with van der Waals surface area (Å²) in [4.78, 5) is 4.36. The molecule has 3 rings (SSSR count). The molecule has 2 heterocycles. The molecule has 0 spiro atoms. The molecule has 0 aliphatic carbocycles. The lowest BCUT2D eigenvalue weighted by Gasteiger charge is -2.31. The summed E-state index contributed by atoms with van der Waals surface area (Å²) < 4.78 is 19.0. The standard InChI is InChI=1S/C14H16FN3O/c1-14(8-4-5-9-16-14)13-17-12(18-19-13)10-6-2-3-7-11(10)15/h2-3,6-7,16H,4-5,8-9H2,1H3. The first-order valence-corrected chi connectivity index (χ1v) is 6.53. The van der Waals surface area contributed by atoms with E-state index in [-0.39, 0.29) is 11.4 Å². The molecule has 1 unspecified atom stereocenters. The zero-order chi connectivity index (χ0) is 13.3. The molecule has 1 saturated heterocycles. The lowest BCUT2D eigenvalue weighted by atomic mass is 9.91. The van der Waals surface area contributed by atoms with Crippen LogP contribution in [0.1, 0.15) is 32.1 Å². The molecule has 100 valence electrons. The van der Waals surface area contributed by atoms with Crippen LogP contribution in [0.15, 0.2) is 28.8 Å². The molecule has 4 nitrogen and oxygen atoms in total. The van der Waals surface area contributed by atoms with E-state index in [1.54, 1.807) is 18.2 Å². The Morgan fingerprint density at radius 3 is 2.89 bits per heavy atom. The highest BCUT2D eigenvalue weighted by Gasteiger charge is 2.34. The van der Waals surface area contributed by atoms with Crippen LogP contribution < -0.4 is 5.32 Å². The molecular formula is C14H16FN3O. The van der Waals surface area contributed by atoms with Crippen molar-refractivity contribution in [1.82, 2.24) is 15.5 Å². The number of rotatable bonds is 2. The number of aromatic nitrogens is 2. The van der Waals surface area contributed by atoms with E-state index in [9.17, 15) is 4.39 Å². The number of nitrogens with zero attached hydrogens (tertiary/aromatic N) is 2. The van der Waals surface area contributed by atoms with Gasteiger partial charge in [-0.25, -0.2) is 4.39 Å². The van der Waals surface area contributed by atoms with Crippen LogP contribution in [0, 0.1) is 5.82 Å². The van der Waals surface area contributed by atoms with Crippen LogP contribution in [0.4, 0.5) is 4.39 Å². The average molecular weight is 261 g/mol. The first-order chi connectivity index (χ1) is 9.19. The summed E-state index contributed by atoms with van der Waals surface area (Å²) in [6, 6.07) is 6.45. The third-order valence-electron chi connectivity index (χ3n) is 3.63. The molecule has 1 N–H and O–H groups in total. The van der Waals surface area contributed by atoms with Crippen LogP contribution in [0.2, 0.25) is 0 Å². The molecular weight excluding hydrogens is 245 g/mol. The number of hydrogen-bond donors (Lipinski definition) is 1. The molecule has 1 aliphatic rings. The third-order valence-corrected chi connectivity index (χ3v) is 3.63. The summed E-state index contributed by atoms with van der Waals surface area (Å²) in [7, 11) is 0. The van der Waals surface area contributed by atoms with Crippen molar-refractivity contribution in [3.05, 3.63) is 36.0 Å². The molecule has 1 atom stereocenters. The second-order valence-corrected chi connectivity index (χ2v) is 5.12. The van der Waals surface area contributed by atoms with E-state index in [1.807, 2.05) is 6.92 Å². The first kappa shape index (κ1) is 12.3. The first-order valence-electron chi connectivity index (χ1n) is 6.53. The maximum Gasteiger partial charge on any atom is 0.246 e. The van der Waals surface area contributed by atoms with Crippen LogP contribution in [0.5, 0.6) is 0 Å². The van der Waals surface area contributed by atoms with Crippen molar-refractivity contribution in [3.63, 3.8) is 0 Å². The van der Waals surface area contributed by atoms with Gasteiger partial charge >= 0.3 is 0 Å². The van der Waals surface area contributed by atoms with Gasteiger partial charge in [0.1, 0.15) is 5.82 Å². The highest BCUT2D eigenvalue weighted by molar-refractivity contribution is 5.54. The smallest absolute Gasteiger partial charge is 0.246 e. The monoisotopic (exact) mass is 261 g/mol. The van der Waals surface area contributed by atoms with E-state index >= 15 is 0 Å². The van der Waals surface area contributed by atoms with Crippen molar-refractivity contribution >= 4 is 0 Å². The van der Waals surface area contributed by atoms with Gasteiger partial charge in [-0.15, -0.1) is 0 Å². The zero-order valence-electron chi connectivity index (χ0n) is 10.8. The Kier molecular flexibility index (Phi) is 3.06. The summed E-state index contributed by atoms with van der Waals surface area (Å²) >= 11 is 0. The van der Waals surface area contributed by atoms with E-state index in [4.69, 9.17) is 4.52 Å². The highest BCUT2D eigenvalue weighted by Crippen LogP contribution is 2.30. The number of benzene rings is 1. The van der Waals surface area contributed by atoms with Crippen LogP contribution in [-0.4, -0.2) is 16.7 Å². The molecule has 1 aliphatic heterocycles. The highest BCUT2D eigenvalue weighted by atomic mass is 19.1. The van der Waals surface area contributed by atoms with Crippen molar-refractivity contribution in [1.29, 1.82) is 0 Å². The summed E-state index contributed by atoms with van der Waals surface area (Å²) in [5.74, 6) is 0.503. The largest absolute Gasteiger partial charge is 0.337 e. The minimum atomic E-state index is -0.336. The van der Waals surface area contributed by atoms with Gasteiger partial charge in [-0.3, -0.25) is 0 Å². The summed E-state index contributed by atoms with van der Waals surface area (Å²) in [5, 5.41) is 7.30. The zero-order valence-corrected chi connectivity index (χ0v) is 10.8. The summed E-state index contributed by atoms with van der Waals surface area (Å²) in [6.07, 6.45) is 3.23. The van der Waals surface area contributed by atoms with Gasteiger partial charge < -0.3 is 9.84 Å². The van der Waals surface area contributed by atoms with Gasteiger partial charge in [-0.05, 0) is 44.9 Å². The topological polar surface area (TPSA) is 51.0 Å². The second-order valence-electron chi connectivity index (χ2n) is 5.12. The number of piperidine rings is 1. The fourth-order valence-corrected chi connectivity index (χ4v) is 2.44. The van der Waals surface area contributed by atoms with Crippen molar-refractivity contribution < 1.29 is 8.91 Å². The molecule has 5 heteroatoms. The molecule has 0 saturated carbocycles. The van der Waals surface area contributed by atoms with Crippen molar-refractivity contribution in [2.75, 3.05) is 6.54 Å². The summed E-state index contributed by atoms with van der Waals surface area (Å²) in [5.41, 5.74) is 0.0753. The van der Waals surface area contributed by atoms with Gasteiger partial charge in [0.15, 0.2) is 0 Å². The van der Waals surface area contributed by atoms with Gasteiger partial charge in [0.05, 0.1) is 11.1 Å². The number of halogens is 1. The summed E-state index contributed by atoms with van der Waals surface area (Å²) in [6.45, 7) is 2.98. The van der Waals surface area contributed by atoms with Crippen LogP contribution in [0.3, 0.4) is 0 Å². The average Bonchev–Trinajstić information content (AvgIpc) is 2.90. The number of nitrogens with one attached hydrogen (secondary N) is 1. The second kappa shape index (κ2) is 4.74. The molecule has 19 heavy (non-hydrogen) atoms. The van der Waals surface area contributed by atoms with Gasteiger partial charge in [-0.2, -0.15) is 4.98 Å². The molecule has 2 aromatic rings. The SMILES string of the molecule is CC1(c2nc(-c3ccccc3F)no2)CCCCN1. The van der Waals surface area contributed by atoms with Crippen molar-refractivity contribution in [3.8, 4) is 11.4 Å². The van der Waals surface area contributed by atoms with Crippen LogP contribution in [-0.2, 0) is 5.54 Å². The van der Waals surface area contributed by atoms with E-state index in [2.05, 4.69) is 15.5 Å². The third kappa shape index (κ3) is 2.26. The van der Waals surface area contributed by atoms with E-state index < -0.39 is 0 Å². The quantitative estimate of drug-likeness (QED) is 0.903. The molecule has 0 bridgehead atoms. The van der Waals surface area contributed by atoms with E-state index in [0.717, 1.165) is 25.8 Å². The minimum Gasteiger partial charge on any atom is -0.337 e. The Balaban J connectivity index is 1.93. The molecule has 0 radical (unpaired) electrons. The minimum absolute atomic E-state index is 0.297. The van der Waals surface area contributed by atoms with Gasteiger partial charge in [0, 0.05) is 0 Å². The molecule has 0 amide bonds. The fraction of sp³-hybridized carbons (Fsp3) is 0.429.